The molecular weight excluding hydrogens is 406 g/mol. The van der Waals surface area contributed by atoms with E-state index in [1.54, 1.807) is 13.2 Å². The number of nitrogens with one attached hydrogen (secondary N) is 1. The second kappa shape index (κ2) is 9.06. The van der Waals surface area contributed by atoms with Crippen molar-refractivity contribution in [2.24, 2.45) is 5.92 Å². The number of methoxy groups -OCH3 is 1. The Kier molecular flexibility index (Phi) is 6.43. The van der Waals surface area contributed by atoms with Crippen LogP contribution in [-0.4, -0.2) is 42.1 Å². The lowest BCUT2D eigenvalue weighted by Gasteiger charge is -2.22. The summed E-state index contributed by atoms with van der Waals surface area (Å²) in [5, 5.41) is 0. The minimum absolute atomic E-state index is 0.132. The summed E-state index contributed by atoms with van der Waals surface area (Å²) in [5.74, 6) is -2.90. The van der Waals surface area contributed by atoms with Crippen molar-refractivity contribution in [3.05, 3.63) is 41.3 Å². The number of alkyl halides is 2. The smallest absolute Gasteiger partial charge is 0.292 e. The van der Waals surface area contributed by atoms with Gasteiger partial charge in [0.2, 0.25) is 5.88 Å². The van der Waals surface area contributed by atoms with Gasteiger partial charge in [0.15, 0.2) is 0 Å². The van der Waals surface area contributed by atoms with E-state index in [4.69, 9.17) is 4.74 Å². The van der Waals surface area contributed by atoms with Crippen LogP contribution in [0.1, 0.15) is 42.6 Å². The van der Waals surface area contributed by atoms with Gasteiger partial charge in [-0.05, 0) is 62.0 Å². The highest BCUT2D eigenvalue weighted by Gasteiger charge is 2.43. The predicted molar refractivity (Wildman–Crippen MR) is 115 cm³/mol. The van der Waals surface area contributed by atoms with E-state index in [1.807, 2.05) is 0 Å². The van der Waals surface area contributed by atoms with Gasteiger partial charge in [0.05, 0.1) is 7.11 Å². The molecule has 1 aliphatic heterocycles. The highest BCUT2D eigenvalue weighted by atomic mass is 32.2. The Balaban J connectivity index is 1.45. The fourth-order valence-electron chi connectivity index (χ4n) is 4.20. The highest BCUT2D eigenvalue weighted by Crippen LogP contribution is 2.44. The van der Waals surface area contributed by atoms with Crippen molar-refractivity contribution in [1.29, 1.82) is 0 Å². The van der Waals surface area contributed by atoms with Crippen LogP contribution in [0.2, 0.25) is 0 Å². The van der Waals surface area contributed by atoms with Gasteiger partial charge in [0, 0.05) is 42.2 Å². The lowest BCUT2D eigenvalue weighted by atomic mass is 9.96. The van der Waals surface area contributed by atoms with Gasteiger partial charge in [-0.25, -0.2) is 4.98 Å². The van der Waals surface area contributed by atoms with Crippen LogP contribution in [0, 0.1) is 5.92 Å². The van der Waals surface area contributed by atoms with Gasteiger partial charge in [-0.2, -0.15) is 8.78 Å². The standard InChI is InChI=1S/C22H28F2N4OS/c1-28-11-9-15-13-19(21(29-2)26-18(15)10-12-28)27-30-17-7-8-20(25-14-17)22(23,24)16-5-3-4-6-16/h7-8,13-14,16,27H,3-6,9-12H2,1-2H3. The van der Waals surface area contributed by atoms with Crippen LogP contribution in [0.25, 0.3) is 0 Å². The second-order valence-electron chi connectivity index (χ2n) is 8.14. The minimum Gasteiger partial charge on any atom is -0.479 e. The predicted octanol–water partition coefficient (Wildman–Crippen LogP) is 4.92. The Morgan fingerprint density at radius 2 is 1.97 bits per heavy atom. The number of pyridine rings is 2. The number of likely N-dealkylation sites (N-methyl/N-ethyl adjacent to an activating group) is 1. The van der Waals surface area contributed by atoms with Gasteiger partial charge in [0.1, 0.15) is 11.4 Å². The first-order chi connectivity index (χ1) is 14.5. The minimum atomic E-state index is -2.86. The Hall–Kier alpha value is -1.93. The zero-order chi connectivity index (χ0) is 21.1. The van der Waals surface area contributed by atoms with E-state index in [0.29, 0.717) is 18.7 Å². The molecule has 2 aliphatic rings. The van der Waals surface area contributed by atoms with E-state index < -0.39 is 11.8 Å². The molecule has 162 valence electrons. The molecule has 1 saturated carbocycles. The average molecular weight is 435 g/mol. The van der Waals surface area contributed by atoms with Crippen LogP contribution in [0.15, 0.2) is 29.3 Å². The summed E-state index contributed by atoms with van der Waals surface area (Å²) in [6.07, 6.45) is 6.26. The maximum absolute atomic E-state index is 14.7. The van der Waals surface area contributed by atoms with Crippen molar-refractivity contribution >= 4 is 17.6 Å². The average Bonchev–Trinajstić information content (AvgIpc) is 3.25. The first-order valence-electron chi connectivity index (χ1n) is 10.5. The van der Waals surface area contributed by atoms with E-state index >= 15 is 0 Å². The zero-order valence-electron chi connectivity index (χ0n) is 17.5. The monoisotopic (exact) mass is 434 g/mol. The first kappa shape index (κ1) is 21.3. The molecule has 0 radical (unpaired) electrons. The molecule has 0 aromatic carbocycles. The van der Waals surface area contributed by atoms with Crippen LogP contribution in [0.4, 0.5) is 14.5 Å². The number of fused-ring (bicyclic) bond motifs is 1. The van der Waals surface area contributed by atoms with Crippen molar-refractivity contribution < 1.29 is 13.5 Å². The van der Waals surface area contributed by atoms with E-state index in [-0.39, 0.29) is 5.69 Å². The van der Waals surface area contributed by atoms with Crippen LogP contribution in [-0.2, 0) is 18.8 Å². The molecule has 0 amide bonds. The second-order valence-corrected chi connectivity index (χ2v) is 9.02. The third kappa shape index (κ3) is 4.54. The number of hydrogen-bond donors (Lipinski definition) is 1. The van der Waals surface area contributed by atoms with Crippen LogP contribution >= 0.6 is 11.9 Å². The molecule has 8 heteroatoms. The van der Waals surface area contributed by atoms with Crippen molar-refractivity contribution in [3.63, 3.8) is 0 Å². The quantitative estimate of drug-likeness (QED) is 0.652. The first-order valence-corrected chi connectivity index (χ1v) is 11.3. The summed E-state index contributed by atoms with van der Waals surface area (Å²) in [6, 6.07) is 5.23. The highest BCUT2D eigenvalue weighted by molar-refractivity contribution is 8.00. The number of halogens is 2. The number of ether oxygens (including phenoxy) is 1. The molecule has 5 nitrogen and oxygen atoms in total. The molecule has 0 unspecified atom stereocenters. The number of rotatable bonds is 6. The van der Waals surface area contributed by atoms with Gasteiger partial charge >= 0.3 is 0 Å². The Morgan fingerprint density at radius 1 is 1.20 bits per heavy atom. The molecule has 0 saturated heterocycles. The van der Waals surface area contributed by atoms with Crippen molar-refractivity contribution in [3.8, 4) is 5.88 Å². The van der Waals surface area contributed by atoms with Crippen LogP contribution < -0.4 is 9.46 Å². The molecule has 4 rings (SSSR count). The summed E-state index contributed by atoms with van der Waals surface area (Å²) in [7, 11) is 3.72. The van der Waals surface area contributed by atoms with E-state index in [1.165, 1.54) is 29.8 Å². The fourth-order valence-corrected chi connectivity index (χ4v) is 4.82. The third-order valence-electron chi connectivity index (χ3n) is 6.07. The largest absolute Gasteiger partial charge is 0.479 e. The Morgan fingerprint density at radius 3 is 2.67 bits per heavy atom. The van der Waals surface area contributed by atoms with Gasteiger partial charge in [-0.15, -0.1) is 0 Å². The van der Waals surface area contributed by atoms with E-state index in [0.717, 1.165) is 55.0 Å². The lowest BCUT2D eigenvalue weighted by molar-refractivity contribution is -0.0665. The van der Waals surface area contributed by atoms with Gasteiger partial charge in [-0.1, -0.05) is 12.8 Å². The van der Waals surface area contributed by atoms with Crippen LogP contribution in [0.5, 0.6) is 5.88 Å². The van der Waals surface area contributed by atoms with Gasteiger partial charge in [-0.3, -0.25) is 4.98 Å². The molecule has 2 aromatic heterocycles. The Labute approximate surface area is 180 Å². The molecule has 1 N–H and O–H groups in total. The van der Waals surface area contributed by atoms with Gasteiger partial charge < -0.3 is 14.4 Å². The fraction of sp³-hybridized carbons (Fsp3) is 0.545. The number of aromatic nitrogens is 2. The maximum Gasteiger partial charge on any atom is 0.292 e. The van der Waals surface area contributed by atoms with Gasteiger partial charge in [0.25, 0.3) is 5.92 Å². The normalized spacial score (nSPS) is 18.1. The topological polar surface area (TPSA) is 50.3 Å². The number of anilines is 1. The van der Waals surface area contributed by atoms with Crippen molar-refractivity contribution in [1.82, 2.24) is 14.9 Å². The molecule has 2 aromatic rings. The zero-order valence-corrected chi connectivity index (χ0v) is 18.3. The molecule has 30 heavy (non-hydrogen) atoms. The van der Waals surface area contributed by atoms with E-state index in [9.17, 15) is 8.78 Å². The summed E-state index contributed by atoms with van der Waals surface area (Å²) < 4.78 is 38.0. The van der Waals surface area contributed by atoms with Crippen molar-refractivity contribution in [2.45, 2.75) is 49.3 Å². The molecule has 1 fully saturated rings. The molecule has 0 spiro atoms. The molecular formula is C22H28F2N4OS. The third-order valence-corrected chi connectivity index (χ3v) is 6.87. The summed E-state index contributed by atoms with van der Waals surface area (Å²) >= 11 is 1.32. The lowest BCUT2D eigenvalue weighted by Crippen LogP contribution is -2.24. The molecule has 0 bridgehead atoms. The van der Waals surface area contributed by atoms with Crippen LogP contribution in [0.3, 0.4) is 0 Å². The molecule has 0 atom stereocenters. The number of nitrogens with zero attached hydrogens (tertiary/aromatic N) is 3. The summed E-state index contributed by atoms with van der Waals surface area (Å²) in [6.45, 7) is 1.97. The Bertz CT molecular complexity index is 872. The van der Waals surface area contributed by atoms with Crippen molar-refractivity contribution in [2.75, 3.05) is 32.0 Å². The summed E-state index contributed by atoms with van der Waals surface area (Å²) in [4.78, 5) is 11.8. The number of hydrogen-bond acceptors (Lipinski definition) is 6. The molecule has 3 heterocycles. The maximum atomic E-state index is 14.7. The van der Waals surface area contributed by atoms with E-state index in [2.05, 4.69) is 32.7 Å². The SMILES string of the molecule is COc1nc2c(cc1NSc1ccc(C(F)(F)C3CCCC3)nc1)CCN(C)CC2. The summed E-state index contributed by atoms with van der Waals surface area (Å²) in [5.41, 5.74) is 2.94. The molecule has 1 aliphatic carbocycles.